The molecule has 0 aromatic carbocycles. The van der Waals surface area contributed by atoms with Gasteiger partial charge in [0.15, 0.2) is 0 Å². The number of carbonyl (C=O) groups excluding carboxylic acids is 2. The number of nitrogens with one attached hydrogen (secondary N) is 2. The van der Waals surface area contributed by atoms with Crippen molar-refractivity contribution in [3.05, 3.63) is 23.9 Å². The van der Waals surface area contributed by atoms with Crippen LogP contribution in [-0.4, -0.2) is 29.9 Å². The van der Waals surface area contributed by atoms with Gasteiger partial charge in [-0.15, -0.1) is 0 Å². The maximum atomic E-state index is 11.2. The van der Waals surface area contributed by atoms with Crippen LogP contribution in [0.4, 0.5) is 5.82 Å². The third kappa shape index (κ3) is 4.10. The molecule has 0 saturated carbocycles. The van der Waals surface area contributed by atoms with Crippen molar-refractivity contribution >= 4 is 17.6 Å². The number of anilines is 1. The molecule has 17 heavy (non-hydrogen) atoms. The monoisotopic (exact) mass is 236 g/mol. The summed E-state index contributed by atoms with van der Waals surface area (Å²) >= 11 is 0. The van der Waals surface area contributed by atoms with E-state index in [1.807, 2.05) is 6.92 Å². The molecule has 2 amide bonds. The second-order valence-electron chi connectivity index (χ2n) is 3.39. The zero-order valence-corrected chi connectivity index (χ0v) is 9.69. The molecule has 0 radical (unpaired) electrons. The number of aromatic nitrogens is 1. The number of amides is 2. The largest absolute Gasteiger partial charge is 0.369 e. The van der Waals surface area contributed by atoms with Gasteiger partial charge in [0.25, 0.3) is 5.91 Å². The first-order valence-electron chi connectivity index (χ1n) is 5.40. The molecule has 1 rings (SSSR count). The molecule has 0 aliphatic rings. The predicted molar refractivity (Wildman–Crippen MR) is 64.5 cm³/mol. The van der Waals surface area contributed by atoms with Gasteiger partial charge in [0, 0.05) is 25.7 Å². The van der Waals surface area contributed by atoms with Crippen molar-refractivity contribution in [2.75, 3.05) is 18.4 Å². The topological polar surface area (TPSA) is 97.1 Å². The second kappa shape index (κ2) is 6.47. The number of hydrogen-bond acceptors (Lipinski definition) is 4. The zero-order valence-electron chi connectivity index (χ0n) is 9.69. The van der Waals surface area contributed by atoms with E-state index >= 15 is 0 Å². The van der Waals surface area contributed by atoms with Crippen LogP contribution in [-0.2, 0) is 4.79 Å². The average molecular weight is 236 g/mol. The van der Waals surface area contributed by atoms with Gasteiger partial charge >= 0.3 is 0 Å². The fraction of sp³-hybridized carbons (Fsp3) is 0.364. The molecule has 0 aliphatic heterocycles. The summed E-state index contributed by atoms with van der Waals surface area (Å²) < 4.78 is 0. The molecule has 1 heterocycles. The maximum absolute atomic E-state index is 11.2. The van der Waals surface area contributed by atoms with Gasteiger partial charge in [-0.25, -0.2) is 4.98 Å². The van der Waals surface area contributed by atoms with Gasteiger partial charge in [-0.2, -0.15) is 0 Å². The molecular weight excluding hydrogens is 220 g/mol. The van der Waals surface area contributed by atoms with Crippen LogP contribution in [0.3, 0.4) is 0 Å². The average Bonchev–Trinajstić information content (AvgIpc) is 2.30. The summed E-state index contributed by atoms with van der Waals surface area (Å²) in [6.45, 7) is 2.87. The molecule has 0 atom stereocenters. The summed E-state index contributed by atoms with van der Waals surface area (Å²) in [5.74, 6) is -0.181. The minimum absolute atomic E-state index is 0.0449. The van der Waals surface area contributed by atoms with E-state index in [2.05, 4.69) is 15.6 Å². The lowest BCUT2D eigenvalue weighted by Gasteiger charge is -2.08. The molecule has 0 saturated heterocycles. The fourth-order valence-electron chi connectivity index (χ4n) is 1.32. The lowest BCUT2D eigenvalue weighted by atomic mass is 10.2. The fourth-order valence-corrected chi connectivity index (χ4v) is 1.32. The van der Waals surface area contributed by atoms with Gasteiger partial charge in [0.1, 0.15) is 5.82 Å². The van der Waals surface area contributed by atoms with E-state index < -0.39 is 5.91 Å². The normalized spacial score (nSPS) is 9.71. The van der Waals surface area contributed by atoms with E-state index in [-0.39, 0.29) is 5.91 Å². The first kappa shape index (κ1) is 13.0. The van der Waals surface area contributed by atoms with Gasteiger partial charge in [0.2, 0.25) is 5.91 Å². The van der Waals surface area contributed by atoms with Crippen molar-refractivity contribution in [1.29, 1.82) is 0 Å². The van der Waals surface area contributed by atoms with Crippen LogP contribution in [0.2, 0.25) is 0 Å². The van der Waals surface area contributed by atoms with Crippen LogP contribution in [0.15, 0.2) is 18.3 Å². The van der Waals surface area contributed by atoms with Crippen molar-refractivity contribution in [1.82, 2.24) is 10.3 Å². The van der Waals surface area contributed by atoms with E-state index in [1.54, 1.807) is 18.3 Å². The first-order valence-corrected chi connectivity index (χ1v) is 5.40. The molecule has 1 aromatic heterocycles. The Labute approximate surface area is 99.6 Å². The Bertz CT molecular complexity index is 406. The Morgan fingerprint density at radius 2 is 2.24 bits per heavy atom. The summed E-state index contributed by atoms with van der Waals surface area (Å²) in [5, 5.41) is 5.59. The summed E-state index contributed by atoms with van der Waals surface area (Å²) in [6.07, 6.45) is 1.88. The number of pyridine rings is 1. The zero-order chi connectivity index (χ0) is 12.7. The smallest absolute Gasteiger partial charge is 0.252 e. The first-order chi connectivity index (χ1) is 8.15. The third-order valence-electron chi connectivity index (χ3n) is 2.09. The Morgan fingerprint density at radius 1 is 1.47 bits per heavy atom. The van der Waals surface area contributed by atoms with Crippen molar-refractivity contribution < 1.29 is 9.59 Å². The van der Waals surface area contributed by atoms with E-state index in [4.69, 9.17) is 5.73 Å². The van der Waals surface area contributed by atoms with Crippen molar-refractivity contribution in [3.63, 3.8) is 0 Å². The van der Waals surface area contributed by atoms with Gasteiger partial charge in [-0.1, -0.05) is 0 Å². The number of hydrogen-bond donors (Lipinski definition) is 3. The molecule has 0 bridgehead atoms. The number of nitrogens with zero attached hydrogens (tertiary/aromatic N) is 1. The minimum Gasteiger partial charge on any atom is -0.369 e. The molecule has 0 aliphatic carbocycles. The standard InChI is InChI=1S/C11H16N4O2/c1-2-13-9(16)5-7-15-11-8(10(12)17)4-3-6-14-11/h3-4,6H,2,5,7H2,1H3,(H2,12,17)(H,13,16)(H,14,15). The van der Waals surface area contributed by atoms with Crippen LogP contribution in [0, 0.1) is 0 Å². The van der Waals surface area contributed by atoms with E-state index in [0.29, 0.717) is 30.9 Å². The molecule has 4 N–H and O–H groups in total. The van der Waals surface area contributed by atoms with Crippen molar-refractivity contribution in [2.45, 2.75) is 13.3 Å². The van der Waals surface area contributed by atoms with Crippen LogP contribution in [0.5, 0.6) is 0 Å². The highest BCUT2D eigenvalue weighted by atomic mass is 16.1. The summed E-state index contributed by atoms with van der Waals surface area (Å²) in [6, 6.07) is 3.22. The predicted octanol–water partition coefficient (Wildman–Crippen LogP) is 0.119. The Morgan fingerprint density at radius 3 is 2.88 bits per heavy atom. The van der Waals surface area contributed by atoms with Gasteiger partial charge < -0.3 is 16.4 Å². The lowest BCUT2D eigenvalue weighted by Crippen LogP contribution is -2.25. The number of carbonyl (C=O) groups is 2. The SMILES string of the molecule is CCNC(=O)CCNc1ncccc1C(N)=O. The summed E-state index contributed by atoms with van der Waals surface area (Å²) in [4.78, 5) is 26.3. The second-order valence-corrected chi connectivity index (χ2v) is 3.39. The van der Waals surface area contributed by atoms with Crippen molar-refractivity contribution in [3.8, 4) is 0 Å². The Hall–Kier alpha value is -2.11. The highest BCUT2D eigenvalue weighted by molar-refractivity contribution is 5.97. The van der Waals surface area contributed by atoms with Crippen LogP contribution < -0.4 is 16.4 Å². The number of primary amides is 1. The number of rotatable bonds is 6. The van der Waals surface area contributed by atoms with Crippen LogP contribution >= 0.6 is 0 Å². The molecule has 92 valence electrons. The highest BCUT2D eigenvalue weighted by Crippen LogP contribution is 2.09. The molecule has 0 unspecified atom stereocenters. The molecule has 0 fully saturated rings. The van der Waals surface area contributed by atoms with Gasteiger partial charge in [-0.3, -0.25) is 9.59 Å². The highest BCUT2D eigenvalue weighted by Gasteiger charge is 2.08. The summed E-state index contributed by atoms with van der Waals surface area (Å²) in [7, 11) is 0. The minimum atomic E-state index is -0.543. The molecular formula is C11H16N4O2. The molecule has 1 aromatic rings. The van der Waals surface area contributed by atoms with E-state index in [0.717, 1.165) is 0 Å². The quantitative estimate of drug-likeness (QED) is 0.653. The van der Waals surface area contributed by atoms with E-state index in [1.165, 1.54) is 0 Å². The van der Waals surface area contributed by atoms with Gasteiger partial charge in [0.05, 0.1) is 5.56 Å². The third-order valence-corrected chi connectivity index (χ3v) is 2.09. The molecule has 0 spiro atoms. The summed E-state index contributed by atoms with van der Waals surface area (Å²) in [5.41, 5.74) is 5.52. The van der Waals surface area contributed by atoms with Crippen molar-refractivity contribution in [2.24, 2.45) is 5.73 Å². The van der Waals surface area contributed by atoms with Crippen LogP contribution in [0.1, 0.15) is 23.7 Å². The van der Waals surface area contributed by atoms with E-state index in [9.17, 15) is 9.59 Å². The lowest BCUT2D eigenvalue weighted by molar-refractivity contribution is -0.120. The Balaban J connectivity index is 2.52. The molecule has 6 nitrogen and oxygen atoms in total. The Kier molecular flexibility index (Phi) is 4.93. The maximum Gasteiger partial charge on any atom is 0.252 e. The van der Waals surface area contributed by atoms with Crippen LogP contribution in [0.25, 0.3) is 0 Å². The number of nitrogens with two attached hydrogens (primary N) is 1. The van der Waals surface area contributed by atoms with Gasteiger partial charge in [-0.05, 0) is 19.1 Å². The molecule has 6 heteroatoms.